The van der Waals surface area contributed by atoms with Gasteiger partial charge in [0.05, 0.1) is 66.6 Å². The van der Waals surface area contributed by atoms with Crippen molar-refractivity contribution >= 4 is 87.2 Å². The Bertz CT molecular complexity index is 4530. The van der Waals surface area contributed by atoms with Crippen molar-refractivity contribution in [2.45, 2.75) is 12.4 Å². The maximum absolute atomic E-state index is 16.8. The van der Waals surface area contributed by atoms with E-state index in [0.717, 1.165) is 89.2 Å². The Hall–Kier alpha value is -9.02. The second kappa shape index (κ2) is 15.2. The van der Waals surface area contributed by atoms with Gasteiger partial charge in [0.1, 0.15) is 0 Å². The molecule has 4 aromatic heterocycles. The maximum Gasteiger partial charge on any atom is 0.418 e. The van der Waals surface area contributed by atoms with Gasteiger partial charge in [0, 0.05) is 60.0 Å². The zero-order valence-electron chi connectivity index (χ0n) is 37.8. The standard InChI is InChI=1S/C62H36F6N4/c63-61(64,65)38-17-15-16-37(34-38)49-35-56(72-54-29-14-10-25-44(54)48-33-31-46-42-23-8-12-27-52(42)70(58(46)60(48)72)40-20-5-2-6-21-40)50(62(66,67)68)36-55(49)71-53-28-13-9-24-43(53)47-32-30-45-41-22-7-11-26-51(41)69(57(45)59(47)71)39-18-3-1-4-19-39/h1-36H. The first kappa shape index (κ1) is 41.9. The Morgan fingerprint density at radius 2 is 0.653 bits per heavy atom. The van der Waals surface area contributed by atoms with E-state index in [9.17, 15) is 13.2 Å². The van der Waals surface area contributed by atoms with Gasteiger partial charge in [-0.1, -0.05) is 146 Å². The van der Waals surface area contributed by atoms with E-state index in [1.807, 2.05) is 174 Å². The van der Waals surface area contributed by atoms with Crippen molar-refractivity contribution in [2.24, 2.45) is 0 Å². The molecule has 0 atom stereocenters. The van der Waals surface area contributed by atoms with Crippen LogP contribution in [0.3, 0.4) is 0 Å². The molecule has 72 heavy (non-hydrogen) atoms. The predicted molar refractivity (Wildman–Crippen MR) is 279 cm³/mol. The number of hydrogen-bond acceptors (Lipinski definition) is 0. The summed E-state index contributed by atoms with van der Waals surface area (Å²) < 4.78 is 103. The number of para-hydroxylation sites is 6. The van der Waals surface area contributed by atoms with Gasteiger partial charge in [0.15, 0.2) is 0 Å². The van der Waals surface area contributed by atoms with E-state index in [0.29, 0.717) is 27.6 Å². The quantitative estimate of drug-likeness (QED) is 0.153. The van der Waals surface area contributed by atoms with Gasteiger partial charge in [-0.25, -0.2) is 0 Å². The molecule has 0 N–H and O–H groups in total. The highest BCUT2D eigenvalue weighted by Crippen LogP contribution is 2.49. The lowest BCUT2D eigenvalue weighted by molar-refractivity contribution is -0.138. The number of aromatic nitrogens is 4. The normalized spacial score (nSPS) is 12.6. The van der Waals surface area contributed by atoms with E-state index in [2.05, 4.69) is 9.13 Å². The van der Waals surface area contributed by atoms with Gasteiger partial charge in [0.25, 0.3) is 0 Å². The molecule has 0 bridgehead atoms. The fraction of sp³-hybridized carbons (Fsp3) is 0.0323. The molecule has 14 rings (SSSR count). The molecule has 0 saturated carbocycles. The monoisotopic (exact) mass is 950 g/mol. The molecule has 0 amide bonds. The molecule has 0 saturated heterocycles. The fourth-order valence-corrected chi connectivity index (χ4v) is 11.5. The molecule has 0 spiro atoms. The van der Waals surface area contributed by atoms with Crippen molar-refractivity contribution in [1.29, 1.82) is 0 Å². The van der Waals surface area contributed by atoms with Crippen molar-refractivity contribution in [3.63, 3.8) is 0 Å². The molecule has 4 nitrogen and oxygen atoms in total. The van der Waals surface area contributed by atoms with Gasteiger partial charge in [-0.2, -0.15) is 26.3 Å². The Kier molecular flexibility index (Phi) is 8.87. The molecular formula is C62H36F6N4. The molecule has 0 radical (unpaired) electrons. The minimum Gasteiger partial charge on any atom is -0.307 e. The first-order valence-corrected chi connectivity index (χ1v) is 23.5. The van der Waals surface area contributed by atoms with Gasteiger partial charge in [0.2, 0.25) is 0 Å². The van der Waals surface area contributed by atoms with Crippen LogP contribution in [0.2, 0.25) is 0 Å². The van der Waals surface area contributed by atoms with Gasteiger partial charge in [-0.3, -0.25) is 0 Å². The van der Waals surface area contributed by atoms with Crippen LogP contribution in [-0.2, 0) is 12.4 Å². The molecule has 346 valence electrons. The third-order valence-electron chi connectivity index (χ3n) is 14.4. The van der Waals surface area contributed by atoms with Gasteiger partial charge >= 0.3 is 12.4 Å². The smallest absolute Gasteiger partial charge is 0.307 e. The van der Waals surface area contributed by atoms with Crippen LogP contribution in [0.4, 0.5) is 26.3 Å². The largest absolute Gasteiger partial charge is 0.418 e. The second-order valence-electron chi connectivity index (χ2n) is 18.3. The van der Waals surface area contributed by atoms with Crippen LogP contribution in [0.1, 0.15) is 11.1 Å². The molecule has 10 heteroatoms. The highest BCUT2D eigenvalue weighted by Gasteiger charge is 2.38. The summed E-state index contributed by atoms with van der Waals surface area (Å²) >= 11 is 0. The SMILES string of the molecule is FC(F)(F)c1cccc(-c2cc(-n3c4ccccc4c4ccc5c6ccccc6n(-c6ccccc6)c5c43)c(C(F)(F)F)cc2-n2c3ccccc3c3ccc4c5ccccc5n(-c5ccccc5)c4c32)c1. The molecule has 0 aliphatic heterocycles. The van der Waals surface area contributed by atoms with Crippen LogP contribution >= 0.6 is 0 Å². The average Bonchev–Trinajstić information content (AvgIpc) is 4.14. The predicted octanol–water partition coefficient (Wildman–Crippen LogP) is 17.8. The van der Waals surface area contributed by atoms with Crippen LogP contribution in [-0.4, -0.2) is 18.3 Å². The van der Waals surface area contributed by atoms with E-state index in [1.54, 1.807) is 22.8 Å². The molecule has 4 heterocycles. The summed E-state index contributed by atoms with van der Waals surface area (Å²) in [5.74, 6) is 0. The van der Waals surface area contributed by atoms with Crippen molar-refractivity contribution in [3.8, 4) is 33.9 Å². The number of fused-ring (bicyclic) bond motifs is 14. The van der Waals surface area contributed by atoms with Gasteiger partial charge in [-0.15, -0.1) is 0 Å². The van der Waals surface area contributed by atoms with Crippen molar-refractivity contribution in [1.82, 2.24) is 18.3 Å². The molecule has 0 aliphatic carbocycles. The number of halogens is 6. The van der Waals surface area contributed by atoms with Crippen LogP contribution in [0.5, 0.6) is 0 Å². The van der Waals surface area contributed by atoms with E-state index in [-0.39, 0.29) is 22.5 Å². The first-order chi connectivity index (χ1) is 35.0. The summed E-state index contributed by atoms with van der Waals surface area (Å²) in [6.45, 7) is 0. The Morgan fingerprint density at radius 3 is 1.07 bits per heavy atom. The first-order valence-electron chi connectivity index (χ1n) is 23.5. The van der Waals surface area contributed by atoms with Crippen LogP contribution in [0.25, 0.3) is 121 Å². The highest BCUT2D eigenvalue weighted by atomic mass is 19.4. The lowest BCUT2D eigenvalue weighted by Gasteiger charge is -2.23. The molecule has 14 aromatic rings. The summed E-state index contributed by atoms with van der Waals surface area (Å²) in [5.41, 5.74) is 5.27. The lowest BCUT2D eigenvalue weighted by atomic mass is 9.97. The summed E-state index contributed by atoms with van der Waals surface area (Å²) in [6, 6.07) is 65.8. The zero-order valence-corrected chi connectivity index (χ0v) is 37.8. The second-order valence-corrected chi connectivity index (χ2v) is 18.3. The summed E-state index contributed by atoms with van der Waals surface area (Å²) in [7, 11) is 0. The average molecular weight is 951 g/mol. The zero-order chi connectivity index (χ0) is 48.6. The fourth-order valence-electron chi connectivity index (χ4n) is 11.5. The topological polar surface area (TPSA) is 19.7 Å². The summed E-state index contributed by atoms with van der Waals surface area (Å²) in [5, 5.41) is 6.52. The number of nitrogens with zero attached hydrogens (tertiary/aromatic N) is 4. The van der Waals surface area contributed by atoms with Crippen molar-refractivity contribution in [2.75, 3.05) is 0 Å². The number of hydrogen-bond donors (Lipinski definition) is 0. The van der Waals surface area contributed by atoms with E-state index in [4.69, 9.17) is 0 Å². The number of rotatable bonds is 5. The summed E-state index contributed by atoms with van der Waals surface area (Å²) in [4.78, 5) is 0. The van der Waals surface area contributed by atoms with Crippen LogP contribution in [0.15, 0.2) is 218 Å². The third-order valence-corrected chi connectivity index (χ3v) is 14.4. The van der Waals surface area contributed by atoms with Crippen LogP contribution < -0.4 is 0 Å². The van der Waals surface area contributed by atoms with Gasteiger partial charge < -0.3 is 18.3 Å². The Morgan fingerprint density at radius 1 is 0.278 bits per heavy atom. The highest BCUT2D eigenvalue weighted by molar-refractivity contribution is 6.25. The maximum atomic E-state index is 16.8. The van der Waals surface area contributed by atoms with E-state index >= 15 is 13.2 Å². The molecule has 0 unspecified atom stereocenters. The van der Waals surface area contributed by atoms with Crippen molar-refractivity contribution in [3.05, 3.63) is 230 Å². The van der Waals surface area contributed by atoms with Crippen molar-refractivity contribution < 1.29 is 26.3 Å². The Labute approximate surface area is 406 Å². The summed E-state index contributed by atoms with van der Waals surface area (Å²) in [6.07, 6.45) is -9.72. The molecular weight excluding hydrogens is 915 g/mol. The van der Waals surface area contributed by atoms with E-state index < -0.39 is 23.5 Å². The molecule has 10 aromatic carbocycles. The molecule has 0 fully saturated rings. The minimum atomic E-state index is -4.97. The third kappa shape index (κ3) is 6.01. The molecule has 0 aliphatic rings. The van der Waals surface area contributed by atoms with Crippen LogP contribution in [0, 0.1) is 0 Å². The minimum absolute atomic E-state index is 0.0679. The van der Waals surface area contributed by atoms with E-state index in [1.165, 1.54) is 12.1 Å². The lowest BCUT2D eigenvalue weighted by Crippen LogP contribution is -2.14. The number of benzene rings is 10. The van der Waals surface area contributed by atoms with Gasteiger partial charge in [-0.05, 0) is 78.4 Å². The number of alkyl halides is 6. The Balaban J connectivity index is 1.20.